The lowest BCUT2D eigenvalue weighted by Gasteiger charge is -1.95. The Morgan fingerprint density at radius 2 is 2.38 bits per heavy atom. The van der Waals surface area contributed by atoms with Gasteiger partial charge in [0, 0.05) is 6.20 Å². The molecule has 0 saturated carbocycles. The van der Waals surface area contributed by atoms with Crippen LogP contribution < -0.4 is 0 Å². The molecule has 0 aromatic carbocycles. The molecule has 0 bridgehead atoms. The Morgan fingerprint density at radius 1 is 1.54 bits per heavy atom. The zero-order valence-corrected chi connectivity index (χ0v) is 7.10. The van der Waals surface area contributed by atoms with Crippen LogP contribution in [0.5, 0.6) is 0 Å². The van der Waals surface area contributed by atoms with E-state index in [4.69, 9.17) is 0 Å². The van der Waals surface area contributed by atoms with Gasteiger partial charge < -0.3 is 9.14 Å². The van der Waals surface area contributed by atoms with Gasteiger partial charge in [-0.25, -0.2) is 9.78 Å². The lowest BCUT2D eigenvalue weighted by atomic mass is 10.3. The molecule has 2 rings (SSSR count). The lowest BCUT2D eigenvalue weighted by molar-refractivity contribution is 0.0597. The number of ether oxygens (including phenoxy) is 1. The Labute approximate surface area is 74.8 Å². The number of pyridine rings is 1. The summed E-state index contributed by atoms with van der Waals surface area (Å²) in [6.07, 6.45) is 3.41. The summed E-state index contributed by atoms with van der Waals surface area (Å²) < 4.78 is 6.36. The molecule has 0 atom stereocenters. The van der Waals surface area contributed by atoms with Crippen LogP contribution in [0.3, 0.4) is 0 Å². The number of aromatic nitrogens is 2. The van der Waals surface area contributed by atoms with Crippen LogP contribution in [-0.4, -0.2) is 22.5 Å². The molecule has 0 aliphatic heterocycles. The van der Waals surface area contributed by atoms with Crippen LogP contribution in [0.15, 0.2) is 30.7 Å². The Kier molecular flexibility index (Phi) is 1.73. The number of esters is 1. The van der Waals surface area contributed by atoms with Crippen LogP contribution in [0.1, 0.15) is 10.5 Å². The standard InChI is InChI=1S/C9H8N2O2/c1-13-9(12)8-7-4-2-3-5-11(7)6-10-8/h2-6H,1H3. The van der Waals surface area contributed by atoms with Crippen molar-refractivity contribution in [3.63, 3.8) is 0 Å². The molecule has 0 saturated heterocycles. The van der Waals surface area contributed by atoms with Crippen molar-refractivity contribution >= 4 is 11.5 Å². The predicted molar refractivity (Wildman–Crippen MR) is 46.5 cm³/mol. The second-order valence-corrected chi connectivity index (χ2v) is 2.58. The van der Waals surface area contributed by atoms with E-state index < -0.39 is 5.97 Å². The number of fused-ring (bicyclic) bond motifs is 1. The monoisotopic (exact) mass is 176 g/mol. The molecule has 0 fully saturated rings. The molecule has 66 valence electrons. The van der Waals surface area contributed by atoms with E-state index in [-0.39, 0.29) is 0 Å². The van der Waals surface area contributed by atoms with Gasteiger partial charge in [-0.3, -0.25) is 0 Å². The Morgan fingerprint density at radius 3 is 3.15 bits per heavy atom. The minimum atomic E-state index is -0.409. The molecule has 0 aliphatic carbocycles. The Bertz CT molecular complexity index is 448. The van der Waals surface area contributed by atoms with Crippen molar-refractivity contribution < 1.29 is 9.53 Å². The third-order valence-electron chi connectivity index (χ3n) is 1.82. The average molecular weight is 176 g/mol. The van der Waals surface area contributed by atoms with Gasteiger partial charge in [-0.2, -0.15) is 0 Å². The zero-order chi connectivity index (χ0) is 9.26. The fourth-order valence-corrected chi connectivity index (χ4v) is 1.20. The summed E-state index contributed by atoms with van der Waals surface area (Å²) in [5.74, 6) is -0.409. The number of methoxy groups -OCH3 is 1. The average Bonchev–Trinajstić information content (AvgIpc) is 2.60. The molecule has 0 unspecified atom stereocenters. The van der Waals surface area contributed by atoms with Crippen LogP contribution in [-0.2, 0) is 4.74 Å². The van der Waals surface area contributed by atoms with Gasteiger partial charge in [0.05, 0.1) is 12.6 Å². The highest BCUT2D eigenvalue weighted by atomic mass is 16.5. The van der Waals surface area contributed by atoms with Crippen molar-refractivity contribution in [3.05, 3.63) is 36.4 Å². The van der Waals surface area contributed by atoms with Crippen LogP contribution in [0, 0.1) is 0 Å². The summed E-state index contributed by atoms with van der Waals surface area (Å²) in [6, 6.07) is 5.54. The molecule has 0 N–H and O–H groups in total. The maximum absolute atomic E-state index is 11.2. The van der Waals surface area contributed by atoms with Gasteiger partial charge in [-0.1, -0.05) is 6.07 Å². The van der Waals surface area contributed by atoms with E-state index in [9.17, 15) is 4.79 Å². The first kappa shape index (κ1) is 7.79. The summed E-state index contributed by atoms with van der Waals surface area (Å²) >= 11 is 0. The predicted octanol–water partition coefficient (Wildman–Crippen LogP) is 1.12. The maximum Gasteiger partial charge on any atom is 0.358 e. The highest BCUT2D eigenvalue weighted by Crippen LogP contribution is 2.09. The Hall–Kier alpha value is -1.84. The van der Waals surface area contributed by atoms with Crippen molar-refractivity contribution in [1.29, 1.82) is 0 Å². The molecule has 0 amide bonds. The summed E-state index contributed by atoms with van der Waals surface area (Å²) in [6.45, 7) is 0. The highest BCUT2D eigenvalue weighted by molar-refractivity contribution is 5.94. The second kappa shape index (κ2) is 2.90. The van der Waals surface area contributed by atoms with Gasteiger partial charge in [-0.15, -0.1) is 0 Å². The fourth-order valence-electron chi connectivity index (χ4n) is 1.20. The molecule has 13 heavy (non-hydrogen) atoms. The smallest absolute Gasteiger partial charge is 0.358 e. The Balaban J connectivity index is 2.64. The first-order chi connectivity index (χ1) is 6.33. The number of carbonyl (C=O) groups excluding carboxylic acids is 1. The van der Waals surface area contributed by atoms with Crippen molar-refractivity contribution in [3.8, 4) is 0 Å². The molecule has 2 heterocycles. The van der Waals surface area contributed by atoms with E-state index in [1.807, 2.05) is 24.4 Å². The van der Waals surface area contributed by atoms with Gasteiger partial charge in [0.25, 0.3) is 0 Å². The number of hydrogen-bond acceptors (Lipinski definition) is 3. The van der Waals surface area contributed by atoms with Crippen LogP contribution in [0.2, 0.25) is 0 Å². The number of carbonyl (C=O) groups is 1. The van der Waals surface area contributed by atoms with E-state index >= 15 is 0 Å². The van der Waals surface area contributed by atoms with Gasteiger partial charge in [-0.05, 0) is 12.1 Å². The topological polar surface area (TPSA) is 43.6 Å². The highest BCUT2D eigenvalue weighted by Gasteiger charge is 2.12. The van der Waals surface area contributed by atoms with E-state index in [1.54, 1.807) is 10.7 Å². The molecular formula is C9H8N2O2. The quantitative estimate of drug-likeness (QED) is 0.611. The minimum Gasteiger partial charge on any atom is -0.464 e. The summed E-state index contributed by atoms with van der Waals surface area (Å²) in [5, 5.41) is 0. The third kappa shape index (κ3) is 1.16. The number of imidazole rings is 1. The molecule has 0 aliphatic rings. The molecule has 0 spiro atoms. The molecule has 4 nitrogen and oxygen atoms in total. The van der Waals surface area contributed by atoms with Crippen molar-refractivity contribution in [1.82, 2.24) is 9.38 Å². The number of nitrogens with zero attached hydrogens (tertiary/aromatic N) is 2. The van der Waals surface area contributed by atoms with Crippen molar-refractivity contribution in [2.75, 3.05) is 7.11 Å². The summed E-state index contributed by atoms with van der Waals surface area (Å²) in [5.41, 5.74) is 1.11. The number of hydrogen-bond donors (Lipinski definition) is 0. The SMILES string of the molecule is COC(=O)c1ncn2ccccc12. The van der Waals surface area contributed by atoms with Gasteiger partial charge in [0.2, 0.25) is 0 Å². The maximum atomic E-state index is 11.2. The van der Waals surface area contributed by atoms with Gasteiger partial charge in [0.1, 0.15) is 6.33 Å². The molecule has 0 radical (unpaired) electrons. The molecule has 2 aromatic heterocycles. The fraction of sp³-hybridized carbons (Fsp3) is 0.111. The minimum absolute atomic E-state index is 0.350. The zero-order valence-electron chi connectivity index (χ0n) is 7.10. The normalized spacial score (nSPS) is 10.2. The third-order valence-corrected chi connectivity index (χ3v) is 1.82. The summed E-state index contributed by atoms with van der Waals surface area (Å²) in [7, 11) is 1.34. The van der Waals surface area contributed by atoms with Crippen molar-refractivity contribution in [2.24, 2.45) is 0 Å². The van der Waals surface area contributed by atoms with E-state index in [1.165, 1.54) is 7.11 Å². The van der Waals surface area contributed by atoms with Crippen molar-refractivity contribution in [2.45, 2.75) is 0 Å². The largest absolute Gasteiger partial charge is 0.464 e. The number of rotatable bonds is 1. The van der Waals surface area contributed by atoms with E-state index in [2.05, 4.69) is 9.72 Å². The first-order valence-electron chi connectivity index (χ1n) is 3.83. The van der Waals surface area contributed by atoms with Crippen LogP contribution >= 0.6 is 0 Å². The van der Waals surface area contributed by atoms with Gasteiger partial charge in [0.15, 0.2) is 5.69 Å². The van der Waals surface area contributed by atoms with Crippen LogP contribution in [0.25, 0.3) is 5.52 Å². The first-order valence-corrected chi connectivity index (χ1v) is 3.83. The van der Waals surface area contributed by atoms with E-state index in [0.717, 1.165) is 5.52 Å². The lowest BCUT2D eigenvalue weighted by Crippen LogP contribution is -2.01. The molecular weight excluding hydrogens is 168 g/mol. The van der Waals surface area contributed by atoms with E-state index in [0.29, 0.717) is 5.69 Å². The molecule has 4 heteroatoms. The summed E-state index contributed by atoms with van der Waals surface area (Å²) in [4.78, 5) is 15.1. The molecule has 2 aromatic rings. The second-order valence-electron chi connectivity index (χ2n) is 2.58. The van der Waals surface area contributed by atoms with Crippen LogP contribution in [0.4, 0.5) is 0 Å². The van der Waals surface area contributed by atoms with Gasteiger partial charge >= 0.3 is 5.97 Å².